The van der Waals surface area contributed by atoms with Crippen LogP contribution in [0.15, 0.2) is 42.2 Å². The Morgan fingerprint density at radius 2 is 1.61 bits per heavy atom. The molecular weight excluding hydrogens is 448 g/mol. The number of ketones is 1. The van der Waals surface area contributed by atoms with E-state index in [1.807, 2.05) is 53.7 Å². The van der Waals surface area contributed by atoms with Crippen LogP contribution in [0, 0.1) is 18.3 Å². The molecule has 0 saturated heterocycles. The van der Waals surface area contributed by atoms with Crippen LogP contribution in [-0.2, 0) is 19.7 Å². The van der Waals surface area contributed by atoms with Gasteiger partial charge in [-0.1, -0.05) is 86.6 Å². The first-order valence-corrected chi connectivity index (χ1v) is 13.3. The zero-order valence-electron chi connectivity index (χ0n) is 25.3. The van der Waals surface area contributed by atoms with Crippen molar-refractivity contribution in [2.24, 2.45) is 11.3 Å². The predicted molar refractivity (Wildman–Crippen MR) is 155 cm³/mol. The Labute approximate surface area is 222 Å². The molecule has 1 rings (SSSR count). The van der Waals surface area contributed by atoms with Crippen molar-refractivity contribution in [2.75, 3.05) is 13.2 Å². The van der Waals surface area contributed by atoms with Gasteiger partial charge in [-0.2, -0.15) is 0 Å². The number of carbonyl (C=O) groups is 2. The molecule has 0 amide bonds. The van der Waals surface area contributed by atoms with Crippen LogP contribution < -0.4 is 4.74 Å². The molecule has 1 aromatic carbocycles. The Balaban J connectivity index is 0. The van der Waals surface area contributed by atoms with Gasteiger partial charge in [0.1, 0.15) is 19.0 Å². The second-order valence-electron chi connectivity index (χ2n) is 10.8. The van der Waals surface area contributed by atoms with Crippen LogP contribution in [0.1, 0.15) is 107 Å². The molecule has 0 atom stereocenters. The quantitative estimate of drug-likeness (QED) is 0.172. The van der Waals surface area contributed by atoms with Crippen molar-refractivity contribution in [2.45, 2.75) is 108 Å². The largest absolute Gasteiger partial charge is 0.491 e. The standard InChI is InChI=1S/C17H24O2.C11H20O2.C4H10/c1-6-17(7-2,13(3)4)15-8-9-16(14(5)12-15)19-11-10-18;1-6-9(7-2)13-8-10(12)11(3,4)5;1-4(2)3/h8-10,12H,3,6-7,11H2,1-2,4-5H3;6H,7-8H2,1-5H3;4H,1-3H3/b;9-6+;. The number of ether oxygens (including phenoxy) is 2. The predicted octanol–water partition coefficient (Wildman–Crippen LogP) is 8.80. The van der Waals surface area contributed by atoms with Crippen molar-refractivity contribution >= 4 is 12.1 Å². The minimum absolute atomic E-state index is 0.0357. The summed E-state index contributed by atoms with van der Waals surface area (Å²) >= 11 is 0. The molecule has 0 saturated carbocycles. The SMILES string of the molecule is C/C=C(\CC)OCC(=O)C(C)(C)C.C=C(C)C(CC)(CC)c1ccc(OCC=O)c(C)c1.CC(C)C. The minimum Gasteiger partial charge on any atom is -0.491 e. The number of rotatable bonds is 11. The maximum absolute atomic E-state index is 11.4. The molecule has 0 heterocycles. The lowest BCUT2D eigenvalue weighted by Crippen LogP contribution is -2.25. The number of benzene rings is 1. The third-order valence-electron chi connectivity index (χ3n) is 5.95. The first kappa shape index (κ1) is 35.8. The van der Waals surface area contributed by atoms with Gasteiger partial charge in [0.15, 0.2) is 12.1 Å². The summed E-state index contributed by atoms with van der Waals surface area (Å²) in [4.78, 5) is 21.8. The van der Waals surface area contributed by atoms with Crippen molar-refractivity contribution in [1.29, 1.82) is 0 Å². The van der Waals surface area contributed by atoms with Gasteiger partial charge in [-0.3, -0.25) is 9.59 Å². The maximum atomic E-state index is 11.4. The van der Waals surface area contributed by atoms with E-state index in [0.29, 0.717) is 0 Å². The summed E-state index contributed by atoms with van der Waals surface area (Å²) in [5.41, 5.74) is 3.27. The molecule has 1 aromatic rings. The maximum Gasteiger partial charge on any atom is 0.175 e. The van der Waals surface area contributed by atoms with Gasteiger partial charge in [-0.15, -0.1) is 0 Å². The van der Waals surface area contributed by atoms with Gasteiger partial charge in [0.05, 0.1) is 5.76 Å². The highest BCUT2D eigenvalue weighted by molar-refractivity contribution is 5.84. The lowest BCUT2D eigenvalue weighted by molar-refractivity contribution is -0.129. The fourth-order valence-electron chi connectivity index (χ4n) is 3.51. The van der Waals surface area contributed by atoms with Crippen molar-refractivity contribution < 1.29 is 19.1 Å². The summed E-state index contributed by atoms with van der Waals surface area (Å²) in [6.45, 7) is 29.1. The Morgan fingerprint density at radius 3 is 1.94 bits per heavy atom. The Bertz CT molecular complexity index is 818. The molecule has 0 aliphatic carbocycles. The fourth-order valence-corrected chi connectivity index (χ4v) is 3.51. The molecule has 4 nitrogen and oxygen atoms in total. The van der Waals surface area contributed by atoms with E-state index in [0.717, 1.165) is 48.5 Å². The molecule has 36 heavy (non-hydrogen) atoms. The summed E-state index contributed by atoms with van der Waals surface area (Å²) in [6, 6.07) is 6.20. The topological polar surface area (TPSA) is 52.6 Å². The first-order valence-electron chi connectivity index (χ1n) is 13.3. The Hall–Kier alpha value is -2.36. The number of aryl methyl sites for hydroxylation is 1. The van der Waals surface area contributed by atoms with Crippen LogP contribution in [0.4, 0.5) is 0 Å². The van der Waals surface area contributed by atoms with Crippen molar-refractivity contribution in [3.05, 3.63) is 53.3 Å². The van der Waals surface area contributed by atoms with E-state index in [-0.39, 0.29) is 29.8 Å². The fraction of sp³-hybridized carbons (Fsp3) is 0.625. The molecule has 0 aliphatic rings. The number of aldehydes is 1. The summed E-state index contributed by atoms with van der Waals surface area (Å²) in [7, 11) is 0. The van der Waals surface area contributed by atoms with Gasteiger partial charge in [0, 0.05) is 17.3 Å². The summed E-state index contributed by atoms with van der Waals surface area (Å²) in [6.07, 6.45) is 5.58. The van der Waals surface area contributed by atoms with E-state index < -0.39 is 0 Å². The van der Waals surface area contributed by atoms with Crippen LogP contribution in [0.3, 0.4) is 0 Å². The Morgan fingerprint density at radius 1 is 1.08 bits per heavy atom. The molecule has 0 fully saturated rings. The molecule has 4 heteroatoms. The number of carbonyl (C=O) groups excluding carboxylic acids is 2. The summed E-state index contributed by atoms with van der Waals surface area (Å²) < 4.78 is 10.7. The zero-order chi connectivity index (χ0) is 28.5. The third kappa shape index (κ3) is 13.1. The highest BCUT2D eigenvalue weighted by atomic mass is 16.5. The van der Waals surface area contributed by atoms with Crippen molar-refractivity contribution in [3.63, 3.8) is 0 Å². The molecule has 0 radical (unpaired) electrons. The van der Waals surface area contributed by atoms with Gasteiger partial charge in [0.2, 0.25) is 0 Å². The number of Topliss-reactive ketones (excluding diaryl/α,β-unsaturated/α-hetero) is 1. The van der Waals surface area contributed by atoms with Crippen LogP contribution in [-0.4, -0.2) is 25.3 Å². The highest BCUT2D eigenvalue weighted by Gasteiger charge is 2.29. The smallest absolute Gasteiger partial charge is 0.175 e. The lowest BCUT2D eigenvalue weighted by Gasteiger charge is -2.33. The molecule has 0 spiro atoms. The van der Waals surface area contributed by atoms with E-state index in [4.69, 9.17) is 9.47 Å². The van der Waals surface area contributed by atoms with Crippen molar-refractivity contribution in [1.82, 2.24) is 0 Å². The van der Waals surface area contributed by atoms with Crippen LogP contribution in [0.2, 0.25) is 0 Å². The molecule has 0 N–H and O–H groups in total. The second-order valence-corrected chi connectivity index (χ2v) is 10.8. The third-order valence-corrected chi connectivity index (χ3v) is 5.95. The van der Waals surface area contributed by atoms with E-state index in [2.05, 4.69) is 60.3 Å². The number of hydrogen-bond donors (Lipinski definition) is 0. The lowest BCUT2D eigenvalue weighted by atomic mass is 9.71. The van der Waals surface area contributed by atoms with Crippen LogP contribution in [0.5, 0.6) is 5.75 Å². The second kappa shape index (κ2) is 18.0. The van der Waals surface area contributed by atoms with E-state index in [1.165, 1.54) is 11.1 Å². The minimum atomic E-state index is -0.299. The molecule has 0 aromatic heterocycles. The Kier molecular flexibility index (Phi) is 17.9. The summed E-state index contributed by atoms with van der Waals surface area (Å²) in [5, 5.41) is 0. The number of hydrogen-bond acceptors (Lipinski definition) is 4. The van der Waals surface area contributed by atoms with Gasteiger partial charge >= 0.3 is 0 Å². The van der Waals surface area contributed by atoms with Gasteiger partial charge in [-0.25, -0.2) is 0 Å². The average Bonchev–Trinajstić information content (AvgIpc) is 2.79. The molecule has 206 valence electrons. The van der Waals surface area contributed by atoms with Crippen LogP contribution >= 0.6 is 0 Å². The average molecular weight is 503 g/mol. The monoisotopic (exact) mass is 502 g/mol. The molecule has 0 unspecified atom stereocenters. The summed E-state index contributed by atoms with van der Waals surface area (Å²) in [5.74, 6) is 2.64. The zero-order valence-corrected chi connectivity index (χ0v) is 25.3. The van der Waals surface area contributed by atoms with E-state index in [9.17, 15) is 9.59 Å². The molecular formula is C32H54O4. The number of allylic oxidation sites excluding steroid dienone is 3. The molecule has 0 aliphatic heterocycles. The molecule has 0 bridgehead atoms. The van der Waals surface area contributed by atoms with Crippen LogP contribution in [0.25, 0.3) is 0 Å². The first-order chi connectivity index (χ1) is 16.7. The van der Waals surface area contributed by atoms with Gasteiger partial charge in [0.25, 0.3) is 0 Å². The highest BCUT2D eigenvalue weighted by Crippen LogP contribution is 2.39. The van der Waals surface area contributed by atoms with Gasteiger partial charge in [-0.05, 0) is 62.8 Å². The van der Waals surface area contributed by atoms with E-state index in [1.54, 1.807) is 0 Å². The van der Waals surface area contributed by atoms with E-state index >= 15 is 0 Å². The van der Waals surface area contributed by atoms with Gasteiger partial charge < -0.3 is 9.47 Å². The normalized spacial score (nSPS) is 11.5. The van der Waals surface area contributed by atoms with Crippen molar-refractivity contribution in [3.8, 4) is 5.75 Å².